The molecule has 5 nitrogen and oxygen atoms in total. The van der Waals surface area contributed by atoms with Crippen LogP contribution in [0.1, 0.15) is 12.5 Å². The van der Waals surface area contributed by atoms with E-state index in [0.29, 0.717) is 17.9 Å². The standard InChI is InChI=1S/C11H13ClN4O/c1-3-16(7-9(17)14-2)11-10(12)8(6-13)4-5-15-11/h4-5H,3,7H2,1-2H3,(H,14,17). The smallest absolute Gasteiger partial charge is 0.239 e. The van der Waals surface area contributed by atoms with E-state index in [9.17, 15) is 4.79 Å². The van der Waals surface area contributed by atoms with Crippen LogP contribution in [-0.4, -0.2) is 31.0 Å². The Hall–Kier alpha value is -1.80. The fourth-order valence-electron chi connectivity index (χ4n) is 1.33. The molecule has 0 aliphatic rings. The van der Waals surface area contributed by atoms with Gasteiger partial charge >= 0.3 is 0 Å². The van der Waals surface area contributed by atoms with Gasteiger partial charge in [0.05, 0.1) is 12.1 Å². The Morgan fingerprint density at radius 2 is 2.41 bits per heavy atom. The molecule has 1 aromatic rings. The molecule has 0 bridgehead atoms. The topological polar surface area (TPSA) is 69.0 Å². The summed E-state index contributed by atoms with van der Waals surface area (Å²) in [5.41, 5.74) is 0.354. The molecule has 90 valence electrons. The number of carbonyl (C=O) groups is 1. The van der Waals surface area contributed by atoms with E-state index >= 15 is 0 Å². The summed E-state index contributed by atoms with van der Waals surface area (Å²) in [6.07, 6.45) is 1.51. The number of nitrogens with one attached hydrogen (secondary N) is 1. The lowest BCUT2D eigenvalue weighted by atomic mass is 10.2. The molecule has 0 saturated carbocycles. The number of nitrogens with zero attached hydrogens (tertiary/aromatic N) is 3. The Bertz CT molecular complexity index is 455. The highest BCUT2D eigenvalue weighted by molar-refractivity contribution is 6.34. The largest absolute Gasteiger partial charge is 0.358 e. The number of anilines is 1. The Balaban J connectivity index is 3.04. The predicted molar refractivity (Wildman–Crippen MR) is 65.9 cm³/mol. The van der Waals surface area contributed by atoms with Gasteiger partial charge in [-0.1, -0.05) is 11.6 Å². The van der Waals surface area contributed by atoms with Crippen LogP contribution in [-0.2, 0) is 4.79 Å². The first-order chi connectivity index (χ1) is 8.13. The first kappa shape index (κ1) is 13.3. The summed E-state index contributed by atoms with van der Waals surface area (Å²) < 4.78 is 0. The number of rotatable bonds is 4. The maximum Gasteiger partial charge on any atom is 0.239 e. The van der Waals surface area contributed by atoms with Crippen molar-refractivity contribution in [1.29, 1.82) is 5.26 Å². The third-order valence-corrected chi connectivity index (χ3v) is 2.66. The summed E-state index contributed by atoms with van der Waals surface area (Å²) >= 11 is 6.05. The Kier molecular flexibility index (Phi) is 4.73. The molecule has 0 unspecified atom stereocenters. The third-order valence-electron chi connectivity index (χ3n) is 2.29. The highest BCUT2D eigenvalue weighted by Gasteiger charge is 2.15. The van der Waals surface area contributed by atoms with Gasteiger partial charge in [0.2, 0.25) is 5.91 Å². The van der Waals surface area contributed by atoms with Gasteiger partial charge in [-0.15, -0.1) is 0 Å². The van der Waals surface area contributed by atoms with E-state index in [1.165, 1.54) is 6.20 Å². The van der Waals surface area contributed by atoms with Crippen LogP contribution >= 0.6 is 11.6 Å². The van der Waals surface area contributed by atoms with Gasteiger partial charge in [-0.2, -0.15) is 5.26 Å². The monoisotopic (exact) mass is 252 g/mol. The van der Waals surface area contributed by atoms with Crippen LogP contribution < -0.4 is 10.2 Å². The lowest BCUT2D eigenvalue weighted by Crippen LogP contribution is -2.36. The molecule has 17 heavy (non-hydrogen) atoms. The van der Waals surface area contributed by atoms with E-state index in [2.05, 4.69) is 10.3 Å². The zero-order chi connectivity index (χ0) is 12.8. The summed E-state index contributed by atoms with van der Waals surface area (Å²) in [6, 6.07) is 3.52. The number of hydrogen-bond acceptors (Lipinski definition) is 4. The maximum atomic E-state index is 11.3. The second-order valence-electron chi connectivity index (χ2n) is 3.30. The first-order valence-corrected chi connectivity index (χ1v) is 5.52. The second kappa shape index (κ2) is 6.06. The van der Waals surface area contributed by atoms with Crippen LogP contribution in [0.25, 0.3) is 0 Å². The molecule has 0 aliphatic carbocycles. The van der Waals surface area contributed by atoms with Crippen LogP contribution in [0.5, 0.6) is 0 Å². The van der Waals surface area contributed by atoms with E-state index < -0.39 is 0 Å². The number of hydrogen-bond donors (Lipinski definition) is 1. The van der Waals surface area contributed by atoms with E-state index in [1.54, 1.807) is 18.0 Å². The number of aromatic nitrogens is 1. The number of likely N-dealkylation sites (N-methyl/N-ethyl adjacent to an activating group) is 2. The molecule has 1 N–H and O–H groups in total. The number of carbonyl (C=O) groups excluding carboxylic acids is 1. The van der Waals surface area contributed by atoms with Gasteiger partial charge in [-0.25, -0.2) is 4.98 Å². The molecule has 0 radical (unpaired) electrons. The molecule has 0 aliphatic heterocycles. The van der Waals surface area contributed by atoms with Crippen molar-refractivity contribution in [3.05, 3.63) is 22.8 Å². The molecular formula is C11H13ClN4O. The predicted octanol–water partition coefficient (Wildman–Crippen LogP) is 1.18. The highest BCUT2D eigenvalue weighted by Crippen LogP contribution is 2.25. The number of nitriles is 1. The third kappa shape index (κ3) is 3.08. The van der Waals surface area contributed by atoms with Crippen molar-refractivity contribution in [2.45, 2.75) is 6.92 Å². The molecule has 0 aromatic carbocycles. The van der Waals surface area contributed by atoms with Crippen molar-refractivity contribution in [1.82, 2.24) is 10.3 Å². The molecule has 1 rings (SSSR count). The average molecular weight is 253 g/mol. The molecule has 0 saturated heterocycles. The molecular weight excluding hydrogens is 240 g/mol. The zero-order valence-corrected chi connectivity index (χ0v) is 10.5. The summed E-state index contributed by atoms with van der Waals surface area (Å²) in [6.45, 7) is 2.63. The van der Waals surface area contributed by atoms with Crippen molar-refractivity contribution in [2.24, 2.45) is 0 Å². The van der Waals surface area contributed by atoms with Gasteiger partial charge < -0.3 is 10.2 Å². The molecule has 1 heterocycles. The quantitative estimate of drug-likeness (QED) is 0.874. The highest BCUT2D eigenvalue weighted by atomic mass is 35.5. The Morgan fingerprint density at radius 1 is 1.71 bits per heavy atom. The van der Waals surface area contributed by atoms with Crippen molar-refractivity contribution < 1.29 is 4.79 Å². The van der Waals surface area contributed by atoms with Gasteiger partial charge in [-0.3, -0.25) is 4.79 Å². The number of amides is 1. The van der Waals surface area contributed by atoms with Crippen LogP contribution in [0.3, 0.4) is 0 Å². The van der Waals surface area contributed by atoms with Gasteiger partial charge in [-0.05, 0) is 13.0 Å². The summed E-state index contributed by atoms with van der Waals surface area (Å²) in [5, 5.41) is 11.7. The lowest BCUT2D eigenvalue weighted by molar-refractivity contribution is -0.119. The van der Waals surface area contributed by atoms with Crippen molar-refractivity contribution in [3.63, 3.8) is 0 Å². The van der Waals surface area contributed by atoms with Crippen LogP contribution in [0.4, 0.5) is 5.82 Å². The SMILES string of the molecule is CCN(CC(=O)NC)c1nccc(C#N)c1Cl. The summed E-state index contributed by atoms with van der Waals surface area (Å²) in [7, 11) is 1.57. The second-order valence-corrected chi connectivity index (χ2v) is 3.67. The van der Waals surface area contributed by atoms with Gasteiger partial charge in [0, 0.05) is 19.8 Å². The molecule has 0 spiro atoms. The van der Waals surface area contributed by atoms with E-state index in [4.69, 9.17) is 16.9 Å². The molecule has 0 fully saturated rings. The van der Waals surface area contributed by atoms with Crippen LogP contribution in [0.2, 0.25) is 5.02 Å². The van der Waals surface area contributed by atoms with E-state index in [-0.39, 0.29) is 17.5 Å². The minimum Gasteiger partial charge on any atom is -0.358 e. The minimum atomic E-state index is -0.132. The molecule has 1 amide bonds. The van der Waals surface area contributed by atoms with Crippen LogP contribution in [0.15, 0.2) is 12.3 Å². The average Bonchev–Trinajstić information content (AvgIpc) is 2.36. The molecule has 6 heteroatoms. The fourth-order valence-corrected chi connectivity index (χ4v) is 1.60. The molecule has 1 aromatic heterocycles. The van der Waals surface area contributed by atoms with Gasteiger partial charge in [0.25, 0.3) is 0 Å². The first-order valence-electron chi connectivity index (χ1n) is 5.14. The van der Waals surface area contributed by atoms with Gasteiger partial charge in [0.1, 0.15) is 16.9 Å². The van der Waals surface area contributed by atoms with Gasteiger partial charge in [0.15, 0.2) is 0 Å². The number of halogens is 1. The Labute approximate surface area is 105 Å². The minimum absolute atomic E-state index is 0.132. The van der Waals surface area contributed by atoms with Crippen molar-refractivity contribution in [3.8, 4) is 6.07 Å². The Morgan fingerprint density at radius 3 is 2.94 bits per heavy atom. The van der Waals surface area contributed by atoms with Crippen LogP contribution in [0, 0.1) is 11.3 Å². The summed E-state index contributed by atoms with van der Waals surface area (Å²) in [5.74, 6) is 0.323. The number of pyridine rings is 1. The lowest BCUT2D eigenvalue weighted by Gasteiger charge is -2.22. The van der Waals surface area contributed by atoms with Crippen molar-refractivity contribution in [2.75, 3.05) is 25.0 Å². The van der Waals surface area contributed by atoms with Crippen molar-refractivity contribution >= 4 is 23.3 Å². The zero-order valence-electron chi connectivity index (χ0n) is 9.70. The van der Waals surface area contributed by atoms with E-state index in [0.717, 1.165) is 0 Å². The van der Waals surface area contributed by atoms with E-state index in [1.807, 2.05) is 13.0 Å². The normalized spacial score (nSPS) is 9.53. The fraction of sp³-hybridized carbons (Fsp3) is 0.364. The molecule has 0 atom stereocenters. The summed E-state index contributed by atoms with van der Waals surface area (Å²) in [4.78, 5) is 17.2. The maximum absolute atomic E-state index is 11.3.